The number of sulfonamides is 1. The van der Waals surface area contributed by atoms with Gasteiger partial charge in [0, 0.05) is 18.8 Å². The number of hydrogen-bond acceptors (Lipinski definition) is 5. The number of aliphatic hydroxyl groups is 1. The van der Waals surface area contributed by atoms with Crippen molar-refractivity contribution in [3.05, 3.63) is 23.8 Å². The van der Waals surface area contributed by atoms with Gasteiger partial charge in [0.2, 0.25) is 10.0 Å². The predicted molar refractivity (Wildman–Crippen MR) is 73.3 cm³/mol. The topological polar surface area (TPSA) is 102 Å². The lowest BCUT2D eigenvalue weighted by molar-refractivity contribution is 0.0913. The van der Waals surface area contributed by atoms with Gasteiger partial charge in [-0.15, -0.1) is 0 Å². The molecule has 6 nitrogen and oxygen atoms in total. The van der Waals surface area contributed by atoms with E-state index in [1.165, 1.54) is 6.07 Å². The van der Waals surface area contributed by atoms with E-state index in [9.17, 15) is 8.42 Å². The fraction of sp³-hybridized carbons (Fsp3) is 0.500. The van der Waals surface area contributed by atoms with Gasteiger partial charge < -0.3 is 15.6 Å². The zero-order valence-electron chi connectivity index (χ0n) is 10.9. The van der Waals surface area contributed by atoms with Crippen molar-refractivity contribution in [1.29, 1.82) is 0 Å². The number of anilines is 1. The van der Waals surface area contributed by atoms with Gasteiger partial charge in [0.1, 0.15) is 0 Å². The van der Waals surface area contributed by atoms with Crippen molar-refractivity contribution in [3.8, 4) is 0 Å². The molecule has 0 unspecified atom stereocenters. The first-order valence-corrected chi connectivity index (χ1v) is 7.50. The fourth-order valence-corrected chi connectivity index (χ4v) is 2.60. The number of nitrogens with one attached hydrogen (secondary N) is 1. The zero-order chi connectivity index (χ0) is 14.3. The van der Waals surface area contributed by atoms with Gasteiger partial charge >= 0.3 is 0 Å². The molecule has 108 valence electrons. The summed E-state index contributed by atoms with van der Waals surface area (Å²) in [5.41, 5.74) is 6.94. The van der Waals surface area contributed by atoms with Gasteiger partial charge in [-0.25, -0.2) is 13.1 Å². The van der Waals surface area contributed by atoms with Gasteiger partial charge in [0.25, 0.3) is 0 Å². The van der Waals surface area contributed by atoms with Crippen molar-refractivity contribution in [3.63, 3.8) is 0 Å². The molecular formula is C12H20N2O4S. The predicted octanol–water partition coefficient (Wildman–Crippen LogP) is 0.255. The normalized spacial score (nSPS) is 11.7. The van der Waals surface area contributed by atoms with E-state index < -0.39 is 10.0 Å². The lowest BCUT2D eigenvalue weighted by Crippen LogP contribution is -2.25. The van der Waals surface area contributed by atoms with Gasteiger partial charge in [-0.3, -0.25) is 0 Å². The summed E-state index contributed by atoms with van der Waals surface area (Å²) in [7, 11) is -3.50. The molecule has 0 saturated carbocycles. The smallest absolute Gasteiger partial charge is 0.240 e. The number of rotatable bonds is 8. The minimum Gasteiger partial charge on any atom is -0.399 e. The number of ether oxygens (including phenoxy) is 1. The van der Waals surface area contributed by atoms with Crippen molar-refractivity contribution in [2.45, 2.75) is 18.2 Å². The third-order valence-corrected chi connectivity index (χ3v) is 4.00. The molecule has 1 aromatic rings. The molecule has 0 saturated heterocycles. The molecule has 0 aliphatic carbocycles. The van der Waals surface area contributed by atoms with Crippen LogP contribution in [0.3, 0.4) is 0 Å². The summed E-state index contributed by atoms with van der Waals surface area (Å²) >= 11 is 0. The van der Waals surface area contributed by atoms with E-state index in [1.807, 2.05) is 0 Å². The Morgan fingerprint density at radius 3 is 2.74 bits per heavy atom. The van der Waals surface area contributed by atoms with Crippen LogP contribution < -0.4 is 10.5 Å². The molecule has 19 heavy (non-hydrogen) atoms. The molecule has 0 aliphatic rings. The highest BCUT2D eigenvalue weighted by atomic mass is 32.2. The van der Waals surface area contributed by atoms with Crippen molar-refractivity contribution in [1.82, 2.24) is 4.72 Å². The molecule has 0 heterocycles. The standard InChI is InChI=1S/C12H20N2O4S/c1-10-9-11(3-4-12(10)13)19(16,17)14-5-2-7-18-8-6-15/h3-4,9,14-15H,2,5-8,13H2,1H3. The molecular weight excluding hydrogens is 268 g/mol. The Bertz CT molecular complexity index is 502. The molecule has 0 spiro atoms. The van der Waals surface area contributed by atoms with Crippen LogP contribution in [0.2, 0.25) is 0 Å². The quantitative estimate of drug-likeness (QED) is 0.470. The first-order chi connectivity index (χ1) is 8.97. The summed E-state index contributed by atoms with van der Waals surface area (Å²) < 4.78 is 31.4. The lowest BCUT2D eigenvalue weighted by Gasteiger charge is -2.08. The van der Waals surface area contributed by atoms with Crippen LogP contribution in [0, 0.1) is 6.92 Å². The van der Waals surface area contributed by atoms with Gasteiger partial charge in [-0.05, 0) is 37.1 Å². The summed E-state index contributed by atoms with van der Waals surface area (Å²) in [5.74, 6) is 0. The van der Waals surface area contributed by atoms with E-state index in [2.05, 4.69) is 4.72 Å². The summed E-state index contributed by atoms with van der Waals surface area (Å²) in [6, 6.07) is 4.60. The van der Waals surface area contributed by atoms with Gasteiger partial charge in [0.15, 0.2) is 0 Å². The molecule has 1 aromatic carbocycles. The van der Waals surface area contributed by atoms with Crippen LogP contribution in [-0.4, -0.2) is 39.9 Å². The number of nitrogens with two attached hydrogens (primary N) is 1. The average Bonchev–Trinajstić information content (AvgIpc) is 2.36. The molecule has 0 atom stereocenters. The van der Waals surface area contributed by atoms with Gasteiger partial charge in [0.05, 0.1) is 18.1 Å². The molecule has 0 amide bonds. The van der Waals surface area contributed by atoms with E-state index >= 15 is 0 Å². The highest BCUT2D eigenvalue weighted by molar-refractivity contribution is 7.89. The molecule has 0 aromatic heterocycles. The van der Waals surface area contributed by atoms with Crippen LogP contribution in [0.5, 0.6) is 0 Å². The third-order valence-electron chi connectivity index (χ3n) is 2.54. The average molecular weight is 288 g/mol. The van der Waals surface area contributed by atoms with Crippen LogP contribution >= 0.6 is 0 Å². The number of hydrogen-bond donors (Lipinski definition) is 3. The number of benzene rings is 1. The van der Waals surface area contributed by atoms with Crippen LogP contribution in [0.1, 0.15) is 12.0 Å². The highest BCUT2D eigenvalue weighted by Crippen LogP contribution is 2.16. The highest BCUT2D eigenvalue weighted by Gasteiger charge is 2.13. The van der Waals surface area contributed by atoms with Crippen LogP contribution in [0.15, 0.2) is 23.1 Å². The Kier molecular flexibility index (Phi) is 6.23. The lowest BCUT2D eigenvalue weighted by atomic mass is 10.2. The zero-order valence-corrected chi connectivity index (χ0v) is 11.7. The SMILES string of the molecule is Cc1cc(S(=O)(=O)NCCCOCCO)ccc1N. The first-order valence-electron chi connectivity index (χ1n) is 6.02. The van der Waals surface area contributed by atoms with Crippen molar-refractivity contribution < 1.29 is 18.3 Å². The molecule has 1 rings (SSSR count). The number of aryl methyl sites for hydroxylation is 1. The van der Waals surface area contributed by atoms with Gasteiger partial charge in [-0.1, -0.05) is 0 Å². The Hall–Kier alpha value is -1.15. The van der Waals surface area contributed by atoms with E-state index in [0.717, 1.165) is 5.56 Å². The second kappa shape index (κ2) is 7.44. The molecule has 0 radical (unpaired) electrons. The maximum atomic E-state index is 12.0. The van der Waals surface area contributed by atoms with E-state index in [0.29, 0.717) is 18.7 Å². The summed E-state index contributed by atoms with van der Waals surface area (Å²) in [5, 5.41) is 8.50. The third kappa shape index (κ3) is 5.15. The minimum atomic E-state index is -3.50. The van der Waals surface area contributed by atoms with E-state index in [4.69, 9.17) is 15.6 Å². The molecule has 0 aliphatic heterocycles. The first kappa shape index (κ1) is 15.9. The van der Waals surface area contributed by atoms with Crippen LogP contribution in [0.25, 0.3) is 0 Å². The Morgan fingerprint density at radius 1 is 1.37 bits per heavy atom. The maximum Gasteiger partial charge on any atom is 0.240 e. The number of nitrogen functional groups attached to an aromatic ring is 1. The number of aliphatic hydroxyl groups excluding tert-OH is 1. The van der Waals surface area contributed by atoms with E-state index in [1.54, 1.807) is 19.1 Å². The second-order valence-electron chi connectivity index (χ2n) is 4.11. The second-order valence-corrected chi connectivity index (χ2v) is 5.87. The molecule has 7 heteroatoms. The van der Waals surface area contributed by atoms with Crippen LogP contribution in [0.4, 0.5) is 5.69 Å². The Balaban J connectivity index is 2.49. The molecule has 4 N–H and O–H groups in total. The van der Waals surface area contributed by atoms with Crippen molar-refractivity contribution in [2.75, 3.05) is 32.1 Å². The summed E-state index contributed by atoms with van der Waals surface area (Å²) in [4.78, 5) is 0.204. The molecule has 0 bridgehead atoms. The molecule has 0 fully saturated rings. The maximum absolute atomic E-state index is 12.0. The minimum absolute atomic E-state index is 0.0313. The van der Waals surface area contributed by atoms with Crippen molar-refractivity contribution >= 4 is 15.7 Å². The van der Waals surface area contributed by atoms with E-state index in [-0.39, 0.29) is 24.7 Å². The van der Waals surface area contributed by atoms with Crippen LogP contribution in [-0.2, 0) is 14.8 Å². The Labute approximate surface area is 113 Å². The fourth-order valence-electron chi connectivity index (χ4n) is 1.45. The summed E-state index contributed by atoms with van der Waals surface area (Å²) in [6.45, 7) is 2.69. The monoisotopic (exact) mass is 288 g/mol. The summed E-state index contributed by atoms with van der Waals surface area (Å²) in [6.07, 6.45) is 0.549. The van der Waals surface area contributed by atoms with Crippen molar-refractivity contribution in [2.24, 2.45) is 0 Å². The Morgan fingerprint density at radius 2 is 2.11 bits per heavy atom. The largest absolute Gasteiger partial charge is 0.399 e. The van der Waals surface area contributed by atoms with Gasteiger partial charge in [-0.2, -0.15) is 0 Å².